The maximum absolute atomic E-state index is 10.5. The maximum atomic E-state index is 10.5. The molecule has 134 valence electrons. The van der Waals surface area contributed by atoms with Crippen LogP contribution in [0.15, 0.2) is 33.2 Å². The van der Waals surface area contributed by atoms with Crippen molar-refractivity contribution < 1.29 is 28.9 Å². The van der Waals surface area contributed by atoms with E-state index in [9.17, 15) is 14.7 Å². The molecule has 2 aromatic rings. The van der Waals surface area contributed by atoms with Gasteiger partial charge in [0.05, 0.1) is 30.3 Å². The minimum atomic E-state index is 0.00287. The summed E-state index contributed by atoms with van der Waals surface area (Å²) < 4.78 is 16.1. The molecule has 0 saturated heterocycles. The van der Waals surface area contributed by atoms with E-state index in [1.807, 2.05) is 0 Å². The summed E-state index contributed by atoms with van der Waals surface area (Å²) in [6.07, 6.45) is 1.44. The van der Waals surface area contributed by atoms with Crippen LogP contribution in [0.2, 0.25) is 0 Å². The third-order valence-corrected chi connectivity index (χ3v) is 4.19. The van der Waals surface area contributed by atoms with Gasteiger partial charge in [-0.25, -0.2) is 0 Å². The molecular weight excluding hydrogens is 460 g/mol. The van der Waals surface area contributed by atoms with E-state index in [2.05, 4.69) is 31.9 Å². The van der Waals surface area contributed by atoms with E-state index in [0.717, 1.165) is 6.29 Å². The molecule has 0 aliphatic rings. The van der Waals surface area contributed by atoms with Gasteiger partial charge in [0.1, 0.15) is 12.6 Å². The average molecular weight is 476 g/mol. The predicted molar refractivity (Wildman–Crippen MR) is 100 cm³/mol. The third-order valence-electron chi connectivity index (χ3n) is 3.00. The minimum absolute atomic E-state index is 0.00287. The van der Waals surface area contributed by atoms with Crippen molar-refractivity contribution >= 4 is 44.4 Å². The normalized spacial score (nSPS) is 9.48. The van der Waals surface area contributed by atoms with E-state index in [1.54, 1.807) is 19.2 Å². The van der Waals surface area contributed by atoms with Crippen LogP contribution in [0.25, 0.3) is 0 Å². The van der Waals surface area contributed by atoms with E-state index >= 15 is 0 Å². The smallest absolute Gasteiger partial charge is 0.174 e. The van der Waals surface area contributed by atoms with Crippen LogP contribution in [-0.4, -0.2) is 39.0 Å². The molecule has 0 atom stereocenters. The van der Waals surface area contributed by atoms with Gasteiger partial charge in [-0.3, -0.25) is 9.59 Å². The molecule has 0 heterocycles. The third kappa shape index (κ3) is 5.47. The van der Waals surface area contributed by atoms with Crippen LogP contribution in [0.5, 0.6) is 23.0 Å². The van der Waals surface area contributed by atoms with Gasteiger partial charge in [-0.1, -0.05) is 0 Å². The molecule has 0 aromatic heterocycles. The Morgan fingerprint density at radius 2 is 1.28 bits per heavy atom. The number of rotatable bonds is 5. The van der Waals surface area contributed by atoms with Crippen LogP contribution in [0.4, 0.5) is 0 Å². The Balaban J connectivity index is 0.000000251. The Morgan fingerprint density at radius 3 is 1.72 bits per heavy atom. The number of halogens is 2. The number of aromatic hydroxyl groups is 1. The minimum Gasteiger partial charge on any atom is -0.503 e. The number of phenols is 1. The van der Waals surface area contributed by atoms with Gasteiger partial charge in [0.15, 0.2) is 23.0 Å². The number of ether oxygens (including phenoxy) is 3. The molecule has 8 heteroatoms. The van der Waals surface area contributed by atoms with Gasteiger partial charge >= 0.3 is 0 Å². The predicted octanol–water partition coefficient (Wildman–Crippen LogP) is 4.25. The second kappa shape index (κ2) is 10.0. The topological polar surface area (TPSA) is 82.1 Å². The fraction of sp³-hybridized carbons (Fsp3) is 0.176. The maximum Gasteiger partial charge on any atom is 0.174 e. The average Bonchev–Trinajstić information content (AvgIpc) is 2.63. The summed E-state index contributed by atoms with van der Waals surface area (Å²) in [5, 5.41) is 9.33. The zero-order chi connectivity index (χ0) is 19.0. The van der Waals surface area contributed by atoms with Crippen molar-refractivity contribution in [1.29, 1.82) is 0 Å². The summed E-state index contributed by atoms with van der Waals surface area (Å²) in [5.74, 6) is 1.42. The Hall–Kier alpha value is -2.06. The fourth-order valence-electron chi connectivity index (χ4n) is 1.82. The number of carbonyl (C=O) groups excluding carboxylic acids is 2. The summed E-state index contributed by atoms with van der Waals surface area (Å²) >= 11 is 6.37. The van der Waals surface area contributed by atoms with Crippen molar-refractivity contribution in [3.8, 4) is 23.0 Å². The summed E-state index contributed by atoms with van der Waals surface area (Å²) in [4.78, 5) is 20.9. The van der Waals surface area contributed by atoms with Crippen molar-refractivity contribution in [3.63, 3.8) is 0 Å². The lowest BCUT2D eigenvalue weighted by Crippen LogP contribution is -1.93. The van der Waals surface area contributed by atoms with Crippen LogP contribution in [0.1, 0.15) is 20.7 Å². The molecule has 0 aliphatic carbocycles. The van der Waals surface area contributed by atoms with E-state index < -0.39 is 0 Å². The molecule has 0 saturated carbocycles. The van der Waals surface area contributed by atoms with Crippen molar-refractivity contribution in [2.45, 2.75) is 0 Å². The molecule has 2 aromatic carbocycles. The van der Waals surface area contributed by atoms with E-state index in [1.165, 1.54) is 26.4 Å². The fourth-order valence-corrected chi connectivity index (χ4v) is 2.90. The molecule has 0 aliphatic heterocycles. The molecule has 0 fully saturated rings. The first-order valence-corrected chi connectivity index (χ1v) is 8.38. The summed E-state index contributed by atoms with van der Waals surface area (Å²) in [6.45, 7) is 0. The van der Waals surface area contributed by atoms with Crippen molar-refractivity contribution in [1.82, 2.24) is 0 Å². The first kappa shape index (κ1) is 21.0. The molecule has 6 nitrogen and oxygen atoms in total. The monoisotopic (exact) mass is 474 g/mol. The number of methoxy groups -OCH3 is 3. The van der Waals surface area contributed by atoms with E-state index in [4.69, 9.17) is 14.2 Å². The Morgan fingerprint density at radius 1 is 0.800 bits per heavy atom. The molecule has 0 bridgehead atoms. The number of phenolic OH excluding ortho intramolecular Hbond substituents is 1. The van der Waals surface area contributed by atoms with Gasteiger partial charge < -0.3 is 19.3 Å². The van der Waals surface area contributed by atoms with Crippen LogP contribution >= 0.6 is 31.9 Å². The highest BCUT2D eigenvalue weighted by Crippen LogP contribution is 2.36. The van der Waals surface area contributed by atoms with Crippen LogP contribution in [0.3, 0.4) is 0 Å². The number of hydrogen-bond acceptors (Lipinski definition) is 6. The van der Waals surface area contributed by atoms with Crippen LogP contribution in [0, 0.1) is 0 Å². The molecular formula is C17H16Br2O6. The van der Waals surface area contributed by atoms with Crippen LogP contribution in [-0.2, 0) is 0 Å². The summed E-state index contributed by atoms with van der Waals surface area (Å²) in [7, 11) is 4.50. The van der Waals surface area contributed by atoms with Gasteiger partial charge in [0.25, 0.3) is 0 Å². The van der Waals surface area contributed by atoms with Gasteiger partial charge in [-0.05, 0) is 56.1 Å². The van der Waals surface area contributed by atoms with Crippen molar-refractivity contribution in [2.24, 2.45) is 0 Å². The second-order valence-electron chi connectivity index (χ2n) is 4.53. The van der Waals surface area contributed by atoms with Gasteiger partial charge in [0, 0.05) is 11.1 Å². The van der Waals surface area contributed by atoms with E-state index in [-0.39, 0.29) is 11.5 Å². The molecule has 1 N–H and O–H groups in total. The molecule has 2 rings (SSSR count). The Bertz CT molecular complexity index is 761. The zero-order valence-electron chi connectivity index (χ0n) is 13.7. The highest BCUT2D eigenvalue weighted by Gasteiger charge is 2.09. The lowest BCUT2D eigenvalue weighted by Gasteiger charge is -2.09. The molecule has 0 radical (unpaired) electrons. The van der Waals surface area contributed by atoms with Gasteiger partial charge in [0.2, 0.25) is 0 Å². The molecule has 0 amide bonds. The largest absolute Gasteiger partial charge is 0.503 e. The first-order valence-electron chi connectivity index (χ1n) is 6.80. The number of hydrogen-bond donors (Lipinski definition) is 1. The highest BCUT2D eigenvalue weighted by molar-refractivity contribution is 9.10. The Labute approximate surface area is 162 Å². The molecule has 25 heavy (non-hydrogen) atoms. The van der Waals surface area contributed by atoms with Crippen LogP contribution < -0.4 is 14.2 Å². The summed E-state index contributed by atoms with van der Waals surface area (Å²) in [5.41, 5.74) is 1.00. The first-order chi connectivity index (χ1) is 11.9. The number of carbonyl (C=O) groups is 2. The lowest BCUT2D eigenvalue weighted by molar-refractivity contribution is 0.111. The van der Waals surface area contributed by atoms with Gasteiger partial charge in [-0.2, -0.15) is 0 Å². The van der Waals surface area contributed by atoms with Crippen molar-refractivity contribution in [3.05, 3.63) is 44.3 Å². The lowest BCUT2D eigenvalue weighted by atomic mass is 10.2. The summed E-state index contributed by atoms with van der Waals surface area (Å²) in [6, 6.07) is 6.28. The quantitative estimate of drug-likeness (QED) is 0.651. The zero-order valence-corrected chi connectivity index (χ0v) is 16.9. The van der Waals surface area contributed by atoms with E-state index in [0.29, 0.717) is 37.9 Å². The number of benzene rings is 2. The molecule has 0 spiro atoms. The standard InChI is InChI=1S/C9H9BrO3.C8H7BrO3/c1-12-8-4-6(5-11)3-7(10)9(8)13-2;1-12-7-3-5(4-10)2-6(9)8(7)11/h3-5H,1-2H3;2-4,11H,1H3. The van der Waals surface area contributed by atoms with Gasteiger partial charge in [-0.15, -0.1) is 0 Å². The second-order valence-corrected chi connectivity index (χ2v) is 6.24. The SMILES string of the molecule is COc1cc(C=O)cc(Br)c1O.COc1cc(C=O)cc(Br)c1OC. The highest BCUT2D eigenvalue weighted by atomic mass is 79.9. The van der Waals surface area contributed by atoms with Crippen molar-refractivity contribution in [2.75, 3.05) is 21.3 Å². The Kier molecular flexibility index (Phi) is 8.44. The molecule has 0 unspecified atom stereocenters. The number of aldehydes is 2.